The molecule has 1 aliphatic carbocycles. The third kappa shape index (κ3) is 2.98. The third-order valence-electron chi connectivity index (χ3n) is 3.20. The molecule has 1 aromatic rings. The van der Waals surface area contributed by atoms with E-state index in [2.05, 4.69) is 21.2 Å². The maximum atomic E-state index is 12.9. The number of nitrogens with two attached hydrogens (primary N) is 1. The van der Waals surface area contributed by atoms with Gasteiger partial charge in [-0.05, 0) is 37.5 Å². The van der Waals surface area contributed by atoms with Gasteiger partial charge in [0.05, 0.1) is 5.56 Å². The van der Waals surface area contributed by atoms with E-state index in [9.17, 15) is 13.2 Å². The Morgan fingerprint density at radius 1 is 1.28 bits per heavy atom. The monoisotopic (exact) mass is 322 g/mol. The van der Waals surface area contributed by atoms with Crippen LogP contribution in [0.4, 0.5) is 18.9 Å². The van der Waals surface area contributed by atoms with Crippen LogP contribution in [0, 0.1) is 0 Å². The molecule has 0 radical (unpaired) electrons. The molecule has 100 valence electrons. The number of anilines is 1. The van der Waals surface area contributed by atoms with Crippen LogP contribution in [-0.2, 0) is 6.18 Å². The van der Waals surface area contributed by atoms with Gasteiger partial charge in [0.1, 0.15) is 0 Å². The summed E-state index contributed by atoms with van der Waals surface area (Å²) in [7, 11) is 0. The van der Waals surface area contributed by atoms with Gasteiger partial charge in [-0.3, -0.25) is 0 Å². The molecular weight excluding hydrogens is 309 g/mol. The minimum absolute atomic E-state index is 0.0743. The van der Waals surface area contributed by atoms with Gasteiger partial charge < -0.3 is 11.1 Å². The zero-order chi connectivity index (χ0) is 13.3. The van der Waals surface area contributed by atoms with Gasteiger partial charge in [-0.2, -0.15) is 13.2 Å². The molecule has 0 heterocycles. The highest BCUT2D eigenvalue weighted by Gasteiger charge is 2.35. The van der Waals surface area contributed by atoms with Crippen LogP contribution in [0.25, 0.3) is 0 Å². The van der Waals surface area contributed by atoms with Crippen LogP contribution >= 0.6 is 15.9 Å². The van der Waals surface area contributed by atoms with E-state index in [1.54, 1.807) is 6.07 Å². The quantitative estimate of drug-likeness (QED) is 0.870. The zero-order valence-electron chi connectivity index (χ0n) is 9.60. The smallest absolute Gasteiger partial charge is 0.380 e. The molecule has 1 saturated carbocycles. The fourth-order valence-electron chi connectivity index (χ4n) is 2.24. The largest absolute Gasteiger partial charge is 0.418 e. The second kappa shape index (κ2) is 5.09. The van der Waals surface area contributed by atoms with E-state index in [1.165, 1.54) is 6.07 Å². The van der Waals surface area contributed by atoms with Crippen LogP contribution in [0.5, 0.6) is 0 Å². The van der Waals surface area contributed by atoms with Gasteiger partial charge in [0, 0.05) is 22.2 Å². The molecule has 0 aromatic heterocycles. The molecule has 3 N–H and O–H groups in total. The fourth-order valence-corrected chi connectivity index (χ4v) is 2.61. The van der Waals surface area contributed by atoms with Gasteiger partial charge in [0.25, 0.3) is 0 Å². The van der Waals surface area contributed by atoms with Gasteiger partial charge in [-0.25, -0.2) is 0 Å². The van der Waals surface area contributed by atoms with Crippen LogP contribution in [0.1, 0.15) is 24.8 Å². The third-order valence-corrected chi connectivity index (χ3v) is 3.69. The summed E-state index contributed by atoms with van der Waals surface area (Å²) in [4.78, 5) is 0. The van der Waals surface area contributed by atoms with Crippen LogP contribution < -0.4 is 11.1 Å². The molecule has 2 nitrogen and oxygen atoms in total. The summed E-state index contributed by atoms with van der Waals surface area (Å²) in [6, 6.07) is 3.97. The first kappa shape index (κ1) is 13.7. The summed E-state index contributed by atoms with van der Waals surface area (Å²) >= 11 is 3.06. The standard InChI is InChI=1S/C12H14BrF3N2/c13-7-4-5-10(8(6-7)12(14,15)16)18-11-3-1-2-9(11)17/h4-6,9,11,18H,1-3,17H2. The van der Waals surface area contributed by atoms with Crippen molar-refractivity contribution in [1.29, 1.82) is 0 Å². The number of nitrogens with one attached hydrogen (secondary N) is 1. The topological polar surface area (TPSA) is 38.0 Å². The summed E-state index contributed by atoms with van der Waals surface area (Å²) in [6.45, 7) is 0. The zero-order valence-corrected chi connectivity index (χ0v) is 11.2. The molecule has 2 atom stereocenters. The maximum Gasteiger partial charge on any atom is 0.418 e. The Morgan fingerprint density at radius 3 is 2.56 bits per heavy atom. The highest BCUT2D eigenvalue weighted by atomic mass is 79.9. The second-order valence-electron chi connectivity index (χ2n) is 4.53. The first-order chi connectivity index (χ1) is 8.38. The number of alkyl halides is 3. The number of benzene rings is 1. The van der Waals surface area contributed by atoms with Crippen molar-refractivity contribution < 1.29 is 13.2 Å². The Labute approximate surface area is 112 Å². The Morgan fingerprint density at radius 2 is 2.00 bits per heavy atom. The van der Waals surface area contributed by atoms with Gasteiger partial charge >= 0.3 is 6.18 Å². The fraction of sp³-hybridized carbons (Fsp3) is 0.500. The number of hydrogen-bond donors (Lipinski definition) is 2. The number of hydrogen-bond acceptors (Lipinski definition) is 2. The van der Waals surface area contributed by atoms with Crippen LogP contribution in [-0.4, -0.2) is 12.1 Å². The van der Waals surface area contributed by atoms with E-state index >= 15 is 0 Å². The lowest BCUT2D eigenvalue weighted by molar-refractivity contribution is -0.137. The summed E-state index contributed by atoms with van der Waals surface area (Å²) in [5.74, 6) is 0. The Hall–Kier alpha value is -0.750. The Balaban J connectivity index is 2.27. The molecule has 0 amide bonds. The summed E-state index contributed by atoms with van der Waals surface area (Å²) in [5.41, 5.74) is 5.31. The Bertz CT molecular complexity index is 434. The molecule has 0 spiro atoms. The predicted octanol–water partition coefficient (Wildman–Crippen LogP) is 3.76. The predicted molar refractivity (Wildman–Crippen MR) is 68.4 cm³/mol. The number of rotatable bonds is 2. The summed E-state index contributed by atoms with van der Waals surface area (Å²) in [6.07, 6.45) is -1.74. The lowest BCUT2D eigenvalue weighted by atomic mass is 10.1. The van der Waals surface area contributed by atoms with E-state index in [0.717, 1.165) is 25.3 Å². The first-order valence-corrected chi connectivity index (χ1v) is 6.56. The van der Waals surface area contributed by atoms with E-state index < -0.39 is 11.7 Å². The second-order valence-corrected chi connectivity index (χ2v) is 5.45. The number of halogens is 4. The Kier molecular flexibility index (Phi) is 3.87. The summed E-state index contributed by atoms with van der Waals surface area (Å²) in [5, 5.41) is 2.93. The molecule has 0 aliphatic heterocycles. The van der Waals surface area contributed by atoms with E-state index in [4.69, 9.17) is 5.73 Å². The minimum atomic E-state index is -4.37. The average molecular weight is 323 g/mol. The SMILES string of the molecule is NC1CCCC1Nc1ccc(Br)cc1C(F)(F)F. The lowest BCUT2D eigenvalue weighted by Gasteiger charge is -2.22. The maximum absolute atomic E-state index is 12.9. The van der Waals surface area contributed by atoms with Crippen molar-refractivity contribution >= 4 is 21.6 Å². The van der Waals surface area contributed by atoms with E-state index in [0.29, 0.717) is 4.47 Å². The molecule has 6 heteroatoms. The van der Waals surface area contributed by atoms with Gasteiger partial charge in [-0.15, -0.1) is 0 Å². The molecule has 0 saturated heterocycles. The van der Waals surface area contributed by atoms with Crippen molar-refractivity contribution in [2.45, 2.75) is 37.5 Å². The molecular formula is C12H14BrF3N2. The molecule has 18 heavy (non-hydrogen) atoms. The first-order valence-electron chi connectivity index (χ1n) is 5.77. The van der Waals surface area contributed by atoms with Crippen LogP contribution in [0.3, 0.4) is 0 Å². The van der Waals surface area contributed by atoms with Crippen molar-refractivity contribution in [3.05, 3.63) is 28.2 Å². The van der Waals surface area contributed by atoms with Crippen LogP contribution in [0.15, 0.2) is 22.7 Å². The molecule has 0 bridgehead atoms. The molecule has 1 fully saturated rings. The highest BCUT2D eigenvalue weighted by Crippen LogP contribution is 2.37. The molecule has 1 aromatic carbocycles. The molecule has 1 aliphatic rings. The van der Waals surface area contributed by atoms with E-state index in [1.807, 2.05) is 0 Å². The lowest BCUT2D eigenvalue weighted by Crippen LogP contribution is -2.35. The average Bonchev–Trinajstić information content (AvgIpc) is 2.66. The summed E-state index contributed by atoms with van der Waals surface area (Å²) < 4.78 is 39.1. The minimum Gasteiger partial charge on any atom is -0.380 e. The van der Waals surface area contributed by atoms with Crippen molar-refractivity contribution in [2.75, 3.05) is 5.32 Å². The normalized spacial score (nSPS) is 24.3. The van der Waals surface area contributed by atoms with Gasteiger partial charge in [-0.1, -0.05) is 15.9 Å². The van der Waals surface area contributed by atoms with Crippen molar-refractivity contribution in [3.8, 4) is 0 Å². The van der Waals surface area contributed by atoms with Crippen LogP contribution in [0.2, 0.25) is 0 Å². The van der Waals surface area contributed by atoms with Crippen molar-refractivity contribution in [1.82, 2.24) is 0 Å². The molecule has 2 rings (SSSR count). The van der Waals surface area contributed by atoms with Gasteiger partial charge in [0.15, 0.2) is 0 Å². The van der Waals surface area contributed by atoms with E-state index in [-0.39, 0.29) is 17.8 Å². The molecule has 2 unspecified atom stereocenters. The van der Waals surface area contributed by atoms with Gasteiger partial charge in [0.2, 0.25) is 0 Å². The highest BCUT2D eigenvalue weighted by molar-refractivity contribution is 9.10. The van der Waals surface area contributed by atoms with Crippen molar-refractivity contribution in [3.63, 3.8) is 0 Å². The van der Waals surface area contributed by atoms with Crippen molar-refractivity contribution in [2.24, 2.45) is 5.73 Å².